The Labute approximate surface area is 149 Å². The second-order valence-electron chi connectivity index (χ2n) is 5.95. The van der Waals surface area contributed by atoms with Gasteiger partial charge in [-0.2, -0.15) is 5.10 Å². The Morgan fingerprint density at radius 3 is 2.46 bits per heavy atom. The van der Waals surface area contributed by atoms with Crippen molar-refractivity contribution < 1.29 is 4.74 Å². The maximum Gasteiger partial charge on any atom is 0.168 e. The molecule has 0 N–H and O–H groups in total. The van der Waals surface area contributed by atoms with Crippen molar-refractivity contribution in [3.05, 3.63) is 73.4 Å². The van der Waals surface area contributed by atoms with E-state index in [4.69, 9.17) is 4.74 Å². The molecule has 0 bridgehead atoms. The minimum atomic E-state index is 0.793. The lowest BCUT2D eigenvalue weighted by atomic mass is 10.1. The number of benzene rings is 2. The second-order valence-corrected chi connectivity index (χ2v) is 5.95. The molecule has 6 heteroatoms. The Morgan fingerprint density at radius 1 is 0.885 bits per heavy atom. The van der Waals surface area contributed by atoms with E-state index in [1.54, 1.807) is 24.3 Å². The smallest absolute Gasteiger partial charge is 0.168 e. The second kappa shape index (κ2) is 5.70. The molecule has 0 fully saturated rings. The van der Waals surface area contributed by atoms with Gasteiger partial charge in [-0.05, 0) is 29.8 Å². The number of hydrogen-bond acceptors (Lipinski definition) is 4. The van der Waals surface area contributed by atoms with Crippen molar-refractivity contribution in [3.8, 4) is 22.6 Å². The Balaban J connectivity index is 1.84. The lowest BCUT2D eigenvalue weighted by Crippen LogP contribution is -1.96. The predicted molar refractivity (Wildman–Crippen MR) is 99.6 cm³/mol. The minimum absolute atomic E-state index is 0.793. The van der Waals surface area contributed by atoms with E-state index in [2.05, 4.69) is 38.0 Å². The summed E-state index contributed by atoms with van der Waals surface area (Å²) >= 11 is 0. The van der Waals surface area contributed by atoms with E-state index in [-0.39, 0.29) is 0 Å². The summed E-state index contributed by atoms with van der Waals surface area (Å²) in [4.78, 5) is 9.08. The van der Waals surface area contributed by atoms with Gasteiger partial charge in [0, 0.05) is 17.4 Å². The van der Waals surface area contributed by atoms with Crippen LogP contribution in [0.25, 0.3) is 33.5 Å². The van der Waals surface area contributed by atoms with Crippen LogP contribution in [0.1, 0.15) is 0 Å². The van der Waals surface area contributed by atoms with E-state index in [0.717, 1.165) is 39.2 Å². The maximum atomic E-state index is 5.27. The van der Waals surface area contributed by atoms with Crippen LogP contribution in [-0.2, 0) is 0 Å². The predicted octanol–water partition coefficient (Wildman–Crippen LogP) is 3.74. The van der Waals surface area contributed by atoms with Crippen LogP contribution in [0.2, 0.25) is 0 Å². The van der Waals surface area contributed by atoms with Crippen LogP contribution in [-0.4, -0.2) is 31.3 Å². The first-order valence-electron chi connectivity index (χ1n) is 8.24. The van der Waals surface area contributed by atoms with E-state index in [0.29, 0.717) is 0 Å². The van der Waals surface area contributed by atoms with Crippen LogP contribution < -0.4 is 4.74 Å². The van der Waals surface area contributed by atoms with Crippen LogP contribution >= 0.6 is 0 Å². The molecule has 0 aliphatic rings. The summed E-state index contributed by atoms with van der Waals surface area (Å²) in [6, 6.07) is 18.2. The van der Waals surface area contributed by atoms with Crippen molar-refractivity contribution in [2.45, 2.75) is 0 Å². The van der Waals surface area contributed by atoms with Gasteiger partial charge >= 0.3 is 0 Å². The van der Waals surface area contributed by atoms with E-state index < -0.39 is 0 Å². The molecule has 2 aromatic carbocycles. The molecule has 0 spiro atoms. The molecule has 0 aliphatic carbocycles. The molecule has 0 atom stereocenters. The summed E-state index contributed by atoms with van der Waals surface area (Å²) in [6.07, 6.45) is 5.35. The highest BCUT2D eigenvalue weighted by Gasteiger charge is 2.17. The van der Waals surface area contributed by atoms with E-state index in [9.17, 15) is 0 Å². The third kappa shape index (κ3) is 2.16. The SMILES string of the molecule is COc1ccc(-n2cc(-c3ccccc3)c3c2ncn2ncnc32)cc1. The molecule has 5 rings (SSSR count). The molecule has 5 aromatic rings. The highest BCUT2D eigenvalue weighted by Crippen LogP contribution is 2.33. The summed E-state index contributed by atoms with van der Waals surface area (Å²) in [6.45, 7) is 0. The summed E-state index contributed by atoms with van der Waals surface area (Å²) in [5.41, 5.74) is 4.83. The fourth-order valence-electron chi connectivity index (χ4n) is 3.24. The number of fused-ring (bicyclic) bond motifs is 3. The lowest BCUT2D eigenvalue weighted by Gasteiger charge is -2.06. The zero-order valence-corrected chi connectivity index (χ0v) is 14.1. The number of methoxy groups -OCH3 is 1. The molecule has 26 heavy (non-hydrogen) atoms. The quantitative estimate of drug-likeness (QED) is 0.501. The lowest BCUT2D eigenvalue weighted by molar-refractivity contribution is 0.415. The third-order valence-corrected chi connectivity index (χ3v) is 4.50. The molecule has 0 saturated carbocycles. The summed E-state index contributed by atoms with van der Waals surface area (Å²) in [5.74, 6) is 0.821. The van der Waals surface area contributed by atoms with Gasteiger partial charge in [0.25, 0.3) is 0 Å². The van der Waals surface area contributed by atoms with Gasteiger partial charge in [-0.1, -0.05) is 30.3 Å². The van der Waals surface area contributed by atoms with Crippen LogP contribution in [0, 0.1) is 0 Å². The molecule has 0 unspecified atom stereocenters. The largest absolute Gasteiger partial charge is 0.497 e. The Kier molecular flexibility index (Phi) is 3.21. The molecule has 3 aromatic heterocycles. The fourth-order valence-corrected chi connectivity index (χ4v) is 3.24. The van der Waals surface area contributed by atoms with E-state index >= 15 is 0 Å². The van der Waals surface area contributed by atoms with Crippen LogP contribution in [0.4, 0.5) is 0 Å². The average Bonchev–Trinajstić information content (AvgIpc) is 3.33. The van der Waals surface area contributed by atoms with Crippen molar-refractivity contribution in [3.63, 3.8) is 0 Å². The Bertz CT molecular complexity index is 1210. The minimum Gasteiger partial charge on any atom is -0.497 e. The molecule has 126 valence electrons. The summed E-state index contributed by atoms with van der Waals surface area (Å²) < 4.78 is 9.04. The zero-order valence-electron chi connectivity index (χ0n) is 14.1. The summed E-state index contributed by atoms with van der Waals surface area (Å²) in [7, 11) is 1.66. The average molecular weight is 341 g/mol. The monoisotopic (exact) mass is 341 g/mol. The van der Waals surface area contributed by atoms with Crippen LogP contribution in [0.15, 0.2) is 73.4 Å². The van der Waals surface area contributed by atoms with Gasteiger partial charge < -0.3 is 9.30 Å². The van der Waals surface area contributed by atoms with Crippen molar-refractivity contribution in [1.29, 1.82) is 0 Å². The standard InChI is InChI=1S/C20H15N5O/c1-26-16-9-7-15(8-10-16)24-11-17(14-5-3-2-4-6-14)18-19(24)22-13-25-20(18)21-12-23-25/h2-13H,1H3. The van der Waals surface area contributed by atoms with Gasteiger partial charge in [0.2, 0.25) is 0 Å². The number of aromatic nitrogens is 5. The molecule has 0 amide bonds. The highest BCUT2D eigenvalue weighted by molar-refractivity contribution is 6.03. The van der Waals surface area contributed by atoms with Crippen LogP contribution in [0.5, 0.6) is 5.75 Å². The molecule has 0 radical (unpaired) electrons. The first kappa shape index (κ1) is 14.7. The van der Waals surface area contributed by atoms with E-state index in [1.807, 2.05) is 42.5 Å². The first-order valence-corrected chi connectivity index (χ1v) is 8.24. The van der Waals surface area contributed by atoms with E-state index in [1.165, 1.54) is 0 Å². The summed E-state index contributed by atoms with van der Waals surface area (Å²) in [5, 5.41) is 5.20. The van der Waals surface area contributed by atoms with Gasteiger partial charge in [-0.3, -0.25) is 0 Å². The van der Waals surface area contributed by atoms with Gasteiger partial charge in [-0.15, -0.1) is 0 Å². The zero-order chi connectivity index (χ0) is 17.5. The molecule has 0 saturated heterocycles. The van der Waals surface area contributed by atoms with Crippen molar-refractivity contribution in [2.75, 3.05) is 7.11 Å². The van der Waals surface area contributed by atoms with Crippen LogP contribution in [0.3, 0.4) is 0 Å². The molecular formula is C20H15N5O. The maximum absolute atomic E-state index is 5.27. The molecular weight excluding hydrogens is 326 g/mol. The highest BCUT2D eigenvalue weighted by atomic mass is 16.5. The topological polar surface area (TPSA) is 57.2 Å². The number of hydrogen-bond donors (Lipinski definition) is 0. The fraction of sp³-hybridized carbons (Fsp3) is 0.0500. The molecule has 6 nitrogen and oxygen atoms in total. The van der Waals surface area contributed by atoms with Gasteiger partial charge in [0.15, 0.2) is 11.3 Å². The number of nitrogens with zero attached hydrogens (tertiary/aromatic N) is 5. The molecule has 3 heterocycles. The van der Waals surface area contributed by atoms with Gasteiger partial charge in [-0.25, -0.2) is 14.5 Å². The van der Waals surface area contributed by atoms with Crippen molar-refractivity contribution in [1.82, 2.24) is 24.1 Å². The van der Waals surface area contributed by atoms with Gasteiger partial charge in [0.05, 0.1) is 12.5 Å². The first-order chi connectivity index (χ1) is 12.8. The number of rotatable bonds is 3. The molecule has 0 aliphatic heterocycles. The third-order valence-electron chi connectivity index (χ3n) is 4.50. The normalized spacial score (nSPS) is 11.3. The van der Waals surface area contributed by atoms with Crippen molar-refractivity contribution >= 4 is 16.7 Å². The number of ether oxygens (including phenoxy) is 1. The Morgan fingerprint density at radius 2 is 1.69 bits per heavy atom. The van der Waals surface area contributed by atoms with Gasteiger partial charge in [0.1, 0.15) is 18.4 Å². The Hall–Kier alpha value is -3.67. The van der Waals surface area contributed by atoms with Crippen molar-refractivity contribution in [2.24, 2.45) is 0 Å².